The minimum Gasteiger partial charge on any atom is -0.326 e. The number of nitrogens with one attached hydrogen (secondary N) is 2. The van der Waals surface area contributed by atoms with E-state index in [-0.39, 0.29) is 16.5 Å². The van der Waals surface area contributed by atoms with Gasteiger partial charge in [0.2, 0.25) is 5.91 Å². The highest BCUT2D eigenvalue weighted by Crippen LogP contribution is 2.36. The Hall–Kier alpha value is -2.26. The summed E-state index contributed by atoms with van der Waals surface area (Å²) in [6.07, 6.45) is -4.71. The predicted molar refractivity (Wildman–Crippen MR) is 92.7 cm³/mol. The van der Waals surface area contributed by atoms with Gasteiger partial charge in [-0.15, -0.1) is 0 Å². The average molecular weight is 407 g/mol. The zero-order valence-corrected chi connectivity index (χ0v) is 15.2. The van der Waals surface area contributed by atoms with Crippen LogP contribution in [-0.2, 0) is 21.0 Å². The van der Waals surface area contributed by atoms with Crippen LogP contribution in [0.15, 0.2) is 41.3 Å². The van der Waals surface area contributed by atoms with E-state index in [4.69, 9.17) is 11.6 Å². The molecule has 26 heavy (non-hydrogen) atoms. The van der Waals surface area contributed by atoms with E-state index in [1.165, 1.54) is 25.1 Å². The highest BCUT2D eigenvalue weighted by molar-refractivity contribution is 7.92. The molecule has 1 amide bonds. The minimum atomic E-state index is -4.71. The van der Waals surface area contributed by atoms with Gasteiger partial charge in [0.25, 0.3) is 10.0 Å². The van der Waals surface area contributed by atoms with Crippen molar-refractivity contribution in [3.63, 3.8) is 0 Å². The zero-order chi connectivity index (χ0) is 19.7. The van der Waals surface area contributed by atoms with Crippen molar-refractivity contribution in [2.75, 3.05) is 10.0 Å². The summed E-state index contributed by atoms with van der Waals surface area (Å²) >= 11 is 5.52. The van der Waals surface area contributed by atoms with Crippen molar-refractivity contribution >= 4 is 38.9 Å². The maximum atomic E-state index is 12.9. The molecule has 0 saturated heterocycles. The molecule has 0 saturated carbocycles. The summed E-state index contributed by atoms with van der Waals surface area (Å²) in [6.45, 7) is 2.90. The van der Waals surface area contributed by atoms with Crippen molar-refractivity contribution in [1.82, 2.24) is 0 Å². The molecule has 0 radical (unpaired) electrons. The van der Waals surface area contributed by atoms with Crippen molar-refractivity contribution in [2.24, 2.45) is 0 Å². The minimum absolute atomic E-state index is 0.160. The van der Waals surface area contributed by atoms with Gasteiger partial charge in [0.05, 0.1) is 15.5 Å². The van der Waals surface area contributed by atoms with Gasteiger partial charge in [-0.25, -0.2) is 8.42 Å². The Balaban J connectivity index is 2.35. The molecular weight excluding hydrogens is 393 g/mol. The Bertz CT molecular complexity index is 960. The van der Waals surface area contributed by atoms with Gasteiger partial charge < -0.3 is 5.32 Å². The fourth-order valence-electron chi connectivity index (χ4n) is 2.15. The van der Waals surface area contributed by atoms with Gasteiger partial charge in [0, 0.05) is 18.3 Å². The molecule has 0 aliphatic heterocycles. The van der Waals surface area contributed by atoms with E-state index in [9.17, 15) is 26.4 Å². The molecule has 2 N–H and O–H groups in total. The van der Waals surface area contributed by atoms with E-state index in [2.05, 4.69) is 10.0 Å². The van der Waals surface area contributed by atoms with Gasteiger partial charge in [-0.1, -0.05) is 11.6 Å². The molecule has 0 bridgehead atoms. The first-order chi connectivity index (χ1) is 11.9. The summed E-state index contributed by atoms with van der Waals surface area (Å²) in [6, 6.07) is 6.66. The zero-order valence-electron chi connectivity index (χ0n) is 13.6. The number of halogens is 4. The molecule has 2 rings (SSSR count). The van der Waals surface area contributed by atoms with E-state index in [0.29, 0.717) is 17.3 Å². The topological polar surface area (TPSA) is 75.3 Å². The number of sulfonamides is 1. The first kappa shape index (κ1) is 20.1. The van der Waals surface area contributed by atoms with Crippen LogP contribution in [0.25, 0.3) is 0 Å². The second-order valence-corrected chi connectivity index (χ2v) is 7.55. The Morgan fingerprint density at radius 3 is 2.31 bits per heavy atom. The molecule has 140 valence electrons. The first-order valence-electron chi connectivity index (χ1n) is 7.18. The molecule has 0 atom stereocenters. The van der Waals surface area contributed by atoms with Crippen LogP contribution in [0, 0.1) is 6.92 Å². The number of alkyl halides is 3. The van der Waals surface area contributed by atoms with Crippen LogP contribution in [0.2, 0.25) is 5.02 Å². The molecule has 10 heteroatoms. The molecule has 0 heterocycles. The second kappa shape index (κ2) is 7.16. The molecule has 0 unspecified atom stereocenters. The quantitative estimate of drug-likeness (QED) is 0.788. The average Bonchev–Trinajstić information content (AvgIpc) is 2.49. The van der Waals surface area contributed by atoms with Crippen molar-refractivity contribution in [2.45, 2.75) is 24.9 Å². The van der Waals surface area contributed by atoms with Gasteiger partial charge in [-0.05, 0) is 48.9 Å². The number of carbonyl (C=O) groups excluding carboxylic acids is 1. The SMILES string of the molecule is CC(=O)Nc1ccc(S(=O)(=O)Nc2ccc(Cl)c(C(F)(F)F)c2)cc1C. The highest BCUT2D eigenvalue weighted by Gasteiger charge is 2.33. The summed E-state index contributed by atoms with van der Waals surface area (Å²) in [5.74, 6) is -0.317. The largest absolute Gasteiger partial charge is 0.417 e. The van der Waals surface area contributed by atoms with E-state index >= 15 is 0 Å². The monoisotopic (exact) mass is 406 g/mol. The number of amides is 1. The number of hydrogen-bond donors (Lipinski definition) is 2. The summed E-state index contributed by atoms with van der Waals surface area (Å²) in [4.78, 5) is 10.9. The van der Waals surface area contributed by atoms with Gasteiger partial charge >= 0.3 is 6.18 Å². The third-order valence-electron chi connectivity index (χ3n) is 3.34. The smallest absolute Gasteiger partial charge is 0.326 e. The van der Waals surface area contributed by atoms with Gasteiger partial charge in [0.15, 0.2) is 0 Å². The van der Waals surface area contributed by atoms with Crippen LogP contribution in [0.4, 0.5) is 24.5 Å². The standard InChI is InChI=1S/C16H14ClF3N2O3S/c1-9-7-12(4-6-15(9)21-10(2)23)26(24,25)22-11-3-5-14(17)13(8-11)16(18,19)20/h3-8,22H,1-2H3,(H,21,23). The van der Waals surface area contributed by atoms with E-state index in [1.807, 2.05) is 0 Å². The molecule has 0 fully saturated rings. The molecule has 5 nitrogen and oxygen atoms in total. The molecule has 0 spiro atoms. The third kappa shape index (κ3) is 4.67. The third-order valence-corrected chi connectivity index (χ3v) is 5.05. The van der Waals surface area contributed by atoms with Gasteiger partial charge in [-0.3, -0.25) is 9.52 Å². The van der Waals surface area contributed by atoms with Gasteiger partial charge in [-0.2, -0.15) is 13.2 Å². The number of anilines is 2. The maximum Gasteiger partial charge on any atom is 0.417 e. The number of aryl methyl sites for hydroxylation is 1. The lowest BCUT2D eigenvalue weighted by molar-refractivity contribution is -0.137. The fraction of sp³-hybridized carbons (Fsp3) is 0.188. The maximum absolute atomic E-state index is 12.9. The summed E-state index contributed by atoms with van der Waals surface area (Å²) < 4.78 is 65.6. The Labute approximate surface area is 153 Å². The van der Waals surface area contributed by atoms with Crippen LogP contribution in [0.5, 0.6) is 0 Å². The Morgan fingerprint density at radius 2 is 1.77 bits per heavy atom. The molecule has 0 aliphatic rings. The van der Waals surface area contributed by atoms with Crippen LogP contribution in [0.1, 0.15) is 18.1 Å². The fourth-order valence-corrected chi connectivity index (χ4v) is 3.51. The van der Waals surface area contributed by atoms with E-state index < -0.39 is 26.8 Å². The van der Waals surface area contributed by atoms with Crippen molar-refractivity contribution in [3.8, 4) is 0 Å². The lowest BCUT2D eigenvalue weighted by Crippen LogP contribution is -2.15. The van der Waals surface area contributed by atoms with E-state index in [1.54, 1.807) is 6.92 Å². The number of rotatable bonds is 4. The number of carbonyl (C=O) groups is 1. The molecule has 0 aromatic heterocycles. The van der Waals surface area contributed by atoms with Crippen LogP contribution in [0.3, 0.4) is 0 Å². The van der Waals surface area contributed by atoms with Crippen molar-refractivity contribution in [1.29, 1.82) is 0 Å². The van der Waals surface area contributed by atoms with Crippen LogP contribution in [-0.4, -0.2) is 14.3 Å². The number of benzene rings is 2. The summed E-state index contributed by atoms with van der Waals surface area (Å²) in [5, 5.41) is 2.01. The van der Waals surface area contributed by atoms with Crippen LogP contribution >= 0.6 is 11.6 Å². The predicted octanol–water partition coefficient (Wildman–Crippen LogP) is 4.43. The lowest BCUT2D eigenvalue weighted by atomic mass is 10.2. The van der Waals surface area contributed by atoms with Crippen LogP contribution < -0.4 is 10.0 Å². The summed E-state index contributed by atoms with van der Waals surface area (Å²) in [7, 11) is -4.13. The Morgan fingerprint density at radius 1 is 1.12 bits per heavy atom. The lowest BCUT2D eigenvalue weighted by Gasteiger charge is -2.14. The van der Waals surface area contributed by atoms with E-state index in [0.717, 1.165) is 12.1 Å². The molecule has 2 aromatic carbocycles. The highest BCUT2D eigenvalue weighted by atomic mass is 35.5. The number of hydrogen-bond acceptors (Lipinski definition) is 3. The molecule has 2 aromatic rings. The summed E-state index contributed by atoms with van der Waals surface area (Å²) in [5.41, 5.74) is -0.501. The molecular formula is C16H14ClF3N2O3S. The second-order valence-electron chi connectivity index (χ2n) is 5.46. The van der Waals surface area contributed by atoms with Crippen molar-refractivity contribution < 1.29 is 26.4 Å². The van der Waals surface area contributed by atoms with Gasteiger partial charge in [0.1, 0.15) is 0 Å². The molecule has 0 aliphatic carbocycles. The normalized spacial score (nSPS) is 11.9. The Kier molecular flexibility index (Phi) is 5.52. The van der Waals surface area contributed by atoms with Crippen molar-refractivity contribution in [3.05, 3.63) is 52.5 Å². The first-order valence-corrected chi connectivity index (χ1v) is 9.04.